The Hall–Kier alpha value is -2.54. The lowest BCUT2D eigenvalue weighted by molar-refractivity contribution is 0.185. The summed E-state index contributed by atoms with van der Waals surface area (Å²) >= 11 is 0. The number of methoxy groups -OCH3 is 1. The number of ether oxygens (including phenoxy) is 1. The van der Waals surface area contributed by atoms with Crippen LogP contribution in [0.25, 0.3) is 0 Å². The molecule has 0 saturated carbocycles. The fourth-order valence-corrected chi connectivity index (χ4v) is 2.77. The molecule has 0 unspecified atom stereocenters. The van der Waals surface area contributed by atoms with E-state index in [1.165, 1.54) is 0 Å². The van der Waals surface area contributed by atoms with Gasteiger partial charge in [0, 0.05) is 24.8 Å². The standard InChI is InChI=1S/C18H26N4O3/c1-12-7-6-8-16(25-5)17(12)19-18(24)22(9-10-23)11-15-13(2)20-21(4)14(15)3/h6-8,23H,9-11H2,1-5H3,(H,19,24). The van der Waals surface area contributed by atoms with Crippen molar-refractivity contribution >= 4 is 11.7 Å². The summed E-state index contributed by atoms with van der Waals surface area (Å²) in [7, 11) is 3.44. The molecule has 136 valence electrons. The van der Waals surface area contributed by atoms with E-state index >= 15 is 0 Å². The lowest BCUT2D eigenvalue weighted by Crippen LogP contribution is -2.37. The molecule has 2 N–H and O–H groups in total. The van der Waals surface area contributed by atoms with Crippen molar-refractivity contribution in [3.05, 3.63) is 40.7 Å². The fraction of sp³-hybridized carbons (Fsp3) is 0.444. The van der Waals surface area contributed by atoms with Crippen LogP contribution in [0.3, 0.4) is 0 Å². The number of urea groups is 1. The first-order valence-corrected chi connectivity index (χ1v) is 8.18. The quantitative estimate of drug-likeness (QED) is 0.842. The van der Waals surface area contributed by atoms with E-state index in [4.69, 9.17) is 4.74 Å². The smallest absolute Gasteiger partial charge is 0.322 e. The van der Waals surface area contributed by atoms with Gasteiger partial charge in [-0.25, -0.2) is 4.79 Å². The lowest BCUT2D eigenvalue weighted by Gasteiger charge is -2.23. The molecular weight excluding hydrogens is 320 g/mol. The molecule has 0 atom stereocenters. The van der Waals surface area contributed by atoms with Gasteiger partial charge < -0.3 is 20.1 Å². The van der Waals surface area contributed by atoms with Crippen molar-refractivity contribution in [3.63, 3.8) is 0 Å². The first-order valence-electron chi connectivity index (χ1n) is 8.18. The van der Waals surface area contributed by atoms with E-state index in [0.717, 1.165) is 22.5 Å². The molecule has 2 aromatic rings. The third-order valence-corrected chi connectivity index (χ3v) is 4.35. The SMILES string of the molecule is COc1cccc(C)c1NC(=O)N(CCO)Cc1c(C)nn(C)c1C. The van der Waals surface area contributed by atoms with Crippen LogP contribution in [0.15, 0.2) is 18.2 Å². The van der Waals surface area contributed by atoms with Crippen LogP contribution in [0, 0.1) is 20.8 Å². The highest BCUT2D eigenvalue weighted by atomic mass is 16.5. The molecule has 0 aliphatic rings. The molecule has 0 aliphatic carbocycles. The van der Waals surface area contributed by atoms with Crippen LogP contribution in [0.1, 0.15) is 22.5 Å². The Labute approximate surface area is 148 Å². The zero-order valence-corrected chi connectivity index (χ0v) is 15.5. The van der Waals surface area contributed by atoms with E-state index in [9.17, 15) is 9.90 Å². The highest BCUT2D eigenvalue weighted by Gasteiger charge is 2.20. The second kappa shape index (κ2) is 8.02. The Morgan fingerprint density at radius 1 is 1.36 bits per heavy atom. The van der Waals surface area contributed by atoms with Gasteiger partial charge in [0.05, 0.1) is 31.6 Å². The van der Waals surface area contributed by atoms with E-state index in [1.807, 2.05) is 40.0 Å². The predicted octanol–water partition coefficient (Wildman–Crippen LogP) is 2.38. The number of carbonyl (C=O) groups excluding carboxylic acids is 1. The van der Waals surface area contributed by atoms with Crippen LogP contribution in [0.4, 0.5) is 10.5 Å². The number of carbonyl (C=O) groups is 1. The maximum absolute atomic E-state index is 12.8. The van der Waals surface area contributed by atoms with Gasteiger partial charge in [-0.3, -0.25) is 4.68 Å². The second-order valence-electron chi connectivity index (χ2n) is 6.00. The van der Waals surface area contributed by atoms with Crippen molar-refractivity contribution in [1.29, 1.82) is 0 Å². The number of aromatic nitrogens is 2. The zero-order chi connectivity index (χ0) is 18.6. The number of anilines is 1. The maximum atomic E-state index is 12.8. The van der Waals surface area contributed by atoms with Crippen molar-refractivity contribution in [2.24, 2.45) is 7.05 Å². The number of aryl methyl sites for hydroxylation is 3. The lowest BCUT2D eigenvalue weighted by atomic mass is 10.1. The predicted molar refractivity (Wildman–Crippen MR) is 96.9 cm³/mol. The molecule has 0 spiro atoms. The van der Waals surface area contributed by atoms with Gasteiger partial charge in [-0.05, 0) is 32.4 Å². The highest BCUT2D eigenvalue weighted by Crippen LogP contribution is 2.28. The molecule has 0 radical (unpaired) electrons. The van der Waals surface area contributed by atoms with E-state index in [-0.39, 0.29) is 19.2 Å². The number of aliphatic hydroxyl groups excluding tert-OH is 1. The average molecular weight is 346 g/mol. The molecule has 1 aromatic heterocycles. The summed E-state index contributed by atoms with van der Waals surface area (Å²) in [5, 5.41) is 16.7. The molecular formula is C18H26N4O3. The van der Waals surface area contributed by atoms with Crippen LogP contribution in [-0.4, -0.2) is 46.1 Å². The van der Waals surface area contributed by atoms with Crippen LogP contribution in [0.2, 0.25) is 0 Å². The van der Waals surface area contributed by atoms with Crippen molar-refractivity contribution < 1.29 is 14.6 Å². The summed E-state index contributed by atoms with van der Waals surface area (Å²) in [6.07, 6.45) is 0. The van der Waals surface area contributed by atoms with E-state index in [0.29, 0.717) is 18.0 Å². The van der Waals surface area contributed by atoms with Crippen LogP contribution < -0.4 is 10.1 Å². The number of amides is 2. The highest BCUT2D eigenvalue weighted by molar-refractivity contribution is 5.92. The van der Waals surface area contributed by atoms with Crippen molar-refractivity contribution in [1.82, 2.24) is 14.7 Å². The van der Waals surface area contributed by atoms with Gasteiger partial charge in [-0.2, -0.15) is 5.10 Å². The first kappa shape index (κ1) is 18.8. The third kappa shape index (κ3) is 4.11. The molecule has 2 amide bonds. The average Bonchev–Trinajstić information content (AvgIpc) is 2.82. The van der Waals surface area contributed by atoms with E-state index in [2.05, 4.69) is 10.4 Å². The van der Waals surface area contributed by atoms with Crippen LogP contribution in [0.5, 0.6) is 5.75 Å². The first-order chi connectivity index (χ1) is 11.9. The normalized spacial score (nSPS) is 10.6. The van der Waals surface area contributed by atoms with Crippen LogP contribution >= 0.6 is 0 Å². The minimum atomic E-state index is -0.288. The molecule has 0 saturated heterocycles. The van der Waals surface area contributed by atoms with Crippen molar-refractivity contribution in [3.8, 4) is 5.75 Å². The Morgan fingerprint density at radius 2 is 2.08 bits per heavy atom. The molecule has 0 fully saturated rings. The van der Waals surface area contributed by atoms with E-state index < -0.39 is 0 Å². The van der Waals surface area contributed by atoms with Crippen molar-refractivity contribution in [2.75, 3.05) is 25.6 Å². The zero-order valence-electron chi connectivity index (χ0n) is 15.5. The van der Waals surface area contributed by atoms with Gasteiger partial charge in [0.25, 0.3) is 0 Å². The van der Waals surface area contributed by atoms with Gasteiger partial charge >= 0.3 is 6.03 Å². The molecule has 1 heterocycles. The molecule has 1 aromatic carbocycles. The second-order valence-corrected chi connectivity index (χ2v) is 6.00. The number of benzene rings is 1. The fourth-order valence-electron chi connectivity index (χ4n) is 2.77. The summed E-state index contributed by atoms with van der Waals surface area (Å²) in [6.45, 7) is 6.29. The van der Waals surface area contributed by atoms with Gasteiger partial charge in [0.2, 0.25) is 0 Å². The Balaban J connectivity index is 2.24. The Morgan fingerprint density at radius 3 is 2.64 bits per heavy atom. The summed E-state index contributed by atoms with van der Waals surface area (Å²) in [4.78, 5) is 14.3. The summed E-state index contributed by atoms with van der Waals surface area (Å²) in [6, 6.07) is 5.29. The van der Waals surface area contributed by atoms with Gasteiger partial charge in [0.15, 0.2) is 0 Å². The van der Waals surface area contributed by atoms with Crippen LogP contribution in [-0.2, 0) is 13.6 Å². The van der Waals surface area contributed by atoms with Gasteiger partial charge in [-0.15, -0.1) is 0 Å². The monoisotopic (exact) mass is 346 g/mol. The summed E-state index contributed by atoms with van der Waals surface area (Å²) in [5.41, 5.74) is 4.41. The largest absolute Gasteiger partial charge is 0.495 e. The van der Waals surface area contributed by atoms with E-state index in [1.54, 1.807) is 22.8 Å². The number of aliphatic hydroxyl groups is 1. The summed E-state index contributed by atoms with van der Waals surface area (Å²) < 4.78 is 7.13. The number of hydrogen-bond acceptors (Lipinski definition) is 4. The van der Waals surface area contributed by atoms with Crippen molar-refractivity contribution in [2.45, 2.75) is 27.3 Å². The Kier molecular flexibility index (Phi) is 6.03. The van der Waals surface area contributed by atoms with Gasteiger partial charge in [0.1, 0.15) is 5.75 Å². The molecule has 0 bridgehead atoms. The summed E-state index contributed by atoms with van der Waals surface area (Å²) in [5.74, 6) is 0.603. The number of hydrogen-bond donors (Lipinski definition) is 2. The van der Waals surface area contributed by atoms with Gasteiger partial charge in [-0.1, -0.05) is 12.1 Å². The third-order valence-electron chi connectivity index (χ3n) is 4.35. The molecule has 7 nitrogen and oxygen atoms in total. The number of para-hydroxylation sites is 1. The molecule has 7 heteroatoms. The number of rotatable bonds is 6. The number of nitrogens with zero attached hydrogens (tertiary/aromatic N) is 3. The minimum absolute atomic E-state index is 0.114. The molecule has 0 aliphatic heterocycles. The minimum Gasteiger partial charge on any atom is -0.495 e. The topological polar surface area (TPSA) is 79.6 Å². The Bertz CT molecular complexity index is 755. The molecule has 25 heavy (non-hydrogen) atoms. The number of nitrogens with one attached hydrogen (secondary N) is 1. The molecule has 2 rings (SSSR count). The maximum Gasteiger partial charge on any atom is 0.322 e.